The van der Waals surface area contributed by atoms with Gasteiger partial charge in [-0.1, -0.05) is 12.2 Å². The van der Waals surface area contributed by atoms with Crippen molar-refractivity contribution in [2.24, 2.45) is 0 Å². The Morgan fingerprint density at radius 2 is 2.02 bits per heavy atom. The molecule has 3 aromatic heterocycles. The maximum absolute atomic E-state index is 12.5. The molecule has 210 valence electrons. The summed E-state index contributed by atoms with van der Waals surface area (Å²) in [5, 5.41) is 8.22. The molecule has 5 rings (SSSR count). The van der Waals surface area contributed by atoms with E-state index in [1.165, 1.54) is 5.70 Å². The second-order valence-electron chi connectivity index (χ2n) is 11.0. The molecule has 1 fully saturated rings. The van der Waals surface area contributed by atoms with Crippen molar-refractivity contribution in [2.45, 2.75) is 58.7 Å². The number of pyridine rings is 1. The highest BCUT2D eigenvalue weighted by atomic mass is 16.6. The van der Waals surface area contributed by atoms with E-state index in [0.717, 1.165) is 55.0 Å². The van der Waals surface area contributed by atoms with Crippen LogP contribution in [0.3, 0.4) is 0 Å². The molecule has 10 nitrogen and oxygen atoms in total. The molecule has 0 aromatic carbocycles. The van der Waals surface area contributed by atoms with E-state index in [1.54, 1.807) is 12.4 Å². The normalized spacial score (nSPS) is 17.8. The summed E-state index contributed by atoms with van der Waals surface area (Å²) >= 11 is 0. The van der Waals surface area contributed by atoms with Crippen LogP contribution < -0.4 is 5.32 Å². The molecule has 1 atom stereocenters. The molecule has 0 bridgehead atoms. The number of carbonyl (C=O) groups excluding carboxylic acids is 1. The first kappa shape index (κ1) is 27.4. The van der Waals surface area contributed by atoms with Gasteiger partial charge in [0.15, 0.2) is 0 Å². The third-order valence-corrected chi connectivity index (χ3v) is 6.86. The van der Waals surface area contributed by atoms with Crippen LogP contribution in [0.25, 0.3) is 22.5 Å². The van der Waals surface area contributed by atoms with E-state index in [1.807, 2.05) is 60.9 Å². The average molecular weight is 543 g/mol. The fourth-order valence-corrected chi connectivity index (χ4v) is 4.87. The van der Waals surface area contributed by atoms with Gasteiger partial charge < -0.3 is 19.9 Å². The predicted octanol–water partition coefficient (Wildman–Crippen LogP) is 4.99. The van der Waals surface area contributed by atoms with Gasteiger partial charge in [0.05, 0.1) is 11.7 Å². The lowest BCUT2D eigenvalue weighted by molar-refractivity contribution is 0.0259. The van der Waals surface area contributed by atoms with Crippen LogP contribution in [0.1, 0.15) is 40.5 Å². The zero-order valence-corrected chi connectivity index (χ0v) is 23.7. The van der Waals surface area contributed by atoms with Crippen LogP contribution in [0.2, 0.25) is 0 Å². The summed E-state index contributed by atoms with van der Waals surface area (Å²) in [5.41, 5.74) is 4.27. The Bertz CT molecular complexity index is 1380. The van der Waals surface area contributed by atoms with Crippen molar-refractivity contribution in [3.8, 4) is 22.5 Å². The fraction of sp³-hybridized carbons (Fsp3) is 0.433. The molecule has 0 radical (unpaired) electrons. The summed E-state index contributed by atoms with van der Waals surface area (Å²) in [6, 6.07) is 5.92. The number of nitrogens with zero attached hydrogens (tertiary/aromatic N) is 7. The van der Waals surface area contributed by atoms with Crippen LogP contribution in [0, 0.1) is 0 Å². The number of anilines is 1. The largest absolute Gasteiger partial charge is 0.444 e. The predicted molar refractivity (Wildman–Crippen MR) is 155 cm³/mol. The standard InChI is InChI=1S/C30H38N8O2/c1-5-38-21-25(27(35-38)22-8-6-14-31-20-22)26-13-15-32-28(34-26)33-23-9-11-24(12-10-23)36-16-7-17-37(19-18-36)29(39)40-30(2,3)4/h6,8-9,11-15,20-21,23H,5,7,10,16-19H2,1-4H3,(H,32,33,34). The van der Waals surface area contributed by atoms with E-state index in [-0.39, 0.29) is 12.1 Å². The highest BCUT2D eigenvalue weighted by Crippen LogP contribution is 2.30. The smallest absolute Gasteiger partial charge is 0.410 e. The first-order valence-corrected chi connectivity index (χ1v) is 14.0. The second-order valence-corrected chi connectivity index (χ2v) is 11.0. The van der Waals surface area contributed by atoms with Crippen molar-refractivity contribution in [3.63, 3.8) is 0 Å². The van der Waals surface area contributed by atoms with Crippen LogP contribution in [0.5, 0.6) is 0 Å². The average Bonchev–Trinajstić information content (AvgIpc) is 3.23. The molecular weight excluding hydrogens is 504 g/mol. The first-order chi connectivity index (χ1) is 19.3. The molecule has 1 N–H and O–H groups in total. The zero-order valence-electron chi connectivity index (χ0n) is 23.7. The third-order valence-electron chi connectivity index (χ3n) is 6.86. The Morgan fingerprint density at radius 1 is 1.15 bits per heavy atom. The molecule has 4 heterocycles. The monoisotopic (exact) mass is 542 g/mol. The van der Waals surface area contributed by atoms with Gasteiger partial charge in [-0.05, 0) is 64.8 Å². The second kappa shape index (κ2) is 11.9. The topological polar surface area (TPSA) is 101 Å². The molecule has 1 saturated heterocycles. The number of nitrogens with one attached hydrogen (secondary N) is 1. The SMILES string of the molecule is CCn1cc(-c2ccnc(NC3C=CC(N4CCCN(C(=O)OC(C)(C)C)CC4)=CC3)n2)c(-c2cccnc2)n1. The lowest BCUT2D eigenvalue weighted by Crippen LogP contribution is -2.39. The van der Waals surface area contributed by atoms with Gasteiger partial charge in [-0.25, -0.2) is 14.8 Å². The maximum Gasteiger partial charge on any atom is 0.410 e. The van der Waals surface area contributed by atoms with Crippen molar-refractivity contribution in [3.05, 3.63) is 66.9 Å². The Labute approximate surface area is 235 Å². The molecule has 0 saturated carbocycles. The quantitative estimate of drug-likeness (QED) is 0.465. The van der Waals surface area contributed by atoms with E-state index in [2.05, 4.69) is 45.3 Å². The number of amides is 1. The van der Waals surface area contributed by atoms with E-state index in [0.29, 0.717) is 19.0 Å². The number of rotatable bonds is 6. The van der Waals surface area contributed by atoms with Crippen LogP contribution >= 0.6 is 0 Å². The van der Waals surface area contributed by atoms with Gasteiger partial charge in [-0.15, -0.1) is 0 Å². The van der Waals surface area contributed by atoms with Crippen LogP contribution in [-0.4, -0.2) is 78.4 Å². The van der Waals surface area contributed by atoms with Gasteiger partial charge >= 0.3 is 6.09 Å². The van der Waals surface area contributed by atoms with Gasteiger partial charge in [-0.2, -0.15) is 5.10 Å². The fourth-order valence-electron chi connectivity index (χ4n) is 4.87. The molecule has 1 unspecified atom stereocenters. The van der Waals surface area contributed by atoms with Gasteiger partial charge in [-0.3, -0.25) is 9.67 Å². The van der Waals surface area contributed by atoms with E-state index >= 15 is 0 Å². The van der Waals surface area contributed by atoms with Gasteiger partial charge in [0, 0.05) is 74.3 Å². The van der Waals surface area contributed by atoms with Crippen LogP contribution in [0.4, 0.5) is 10.7 Å². The van der Waals surface area contributed by atoms with Crippen LogP contribution in [-0.2, 0) is 11.3 Å². The molecule has 1 amide bonds. The Balaban J connectivity index is 1.22. The van der Waals surface area contributed by atoms with Crippen LogP contribution in [0.15, 0.2) is 66.9 Å². The van der Waals surface area contributed by atoms with Crippen molar-refractivity contribution in [1.29, 1.82) is 0 Å². The van der Waals surface area contributed by atoms with Crippen molar-refractivity contribution < 1.29 is 9.53 Å². The summed E-state index contributed by atoms with van der Waals surface area (Å²) in [6.07, 6.45) is 15.4. The molecule has 1 aliphatic carbocycles. The van der Waals surface area contributed by atoms with Crippen molar-refractivity contribution >= 4 is 12.0 Å². The highest BCUT2D eigenvalue weighted by molar-refractivity contribution is 5.78. The number of aromatic nitrogens is 5. The molecule has 40 heavy (non-hydrogen) atoms. The number of aryl methyl sites for hydroxylation is 1. The number of hydrogen-bond donors (Lipinski definition) is 1. The minimum absolute atomic E-state index is 0.0837. The number of carbonyl (C=O) groups is 1. The first-order valence-electron chi connectivity index (χ1n) is 14.0. The lowest BCUT2D eigenvalue weighted by atomic mass is 10.1. The molecule has 0 spiro atoms. The maximum atomic E-state index is 12.5. The minimum Gasteiger partial charge on any atom is -0.444 e. The van der Waals surface area contributed by atoms with E-state index in [9.17, 15) is 4.79 Å². The number of ether oxygens (including phenoxy) is 1. The van der Waals surface area contributed by atoms with Gasteiger partial charge in [0.2, 0.25) is 5.95 Å². The Kier molecular flexibility index (Phi) is 8.14. The highest BCUT2D eigenvalue weighted by Gasteiger charge is 2.25. The molecule has 2 aliphatic rings. The lowest BCUT2D eigenvalue weighted by Gasteiger charge is -2.28. The van der Waals surface area contributed by atoms with E-state index < -0.39 is 5.60 Å². The van der Waals surface area contributed by atoms with Crippen molar-refractivity contribution in [2.75, 3.05) is 31.5 Å². The Morgan fingerprint density at radius 3 is 2.75 bits per heavy atom. The Hall–Kier alpha value is -4.21. The van der Waals surface area contributed by atoms with Crippen molar-refractivity contribution in [1.82, 2.24) is 34.5 Å². The molecule has 10 heteroatoms. The summed E-state index contributed by atoms with van der Waals surface area (Å²) in [5.74, 6) is 0.577. The molecule has 3 aromatic rings. The number of hydrogen-bond acceptors (Lipinski definition) is 8. The summed E-state index contributed by atoms with van der Waals surface area (Å²) in [4.78, 5) is 30.3. The molecule has 1 aliphatic heterocycles. The van der Waals surface area contributed by atoms with E-state index in [4.69, 9.17) is 14.8 Å². The summed E-state index contributed by atoms with van der Waals surface area (Å²) in [6.45, 7) is 11.6. The third kappa shape index (κ3) is 6.67. The molecular formula is C30H38N8O2. The summed E-state index contributed by atoms with van der Waals surface area (Å²) in [7, 11) is 0. The van der Waals surface area contributed by atoms with Gasteiger partial charge in [0.1, 0.15) is 11.3 Å². The number of allylic oxidation sites excluding steroid dienone is 1. The summed E-state index contributed by atoms with van der Waals surface area (Å²) < 4.78 is 7.48. The zero-order chi connectivity index (χ0) is 28.1. The minimum atomic E-state index is -0.484. The van der Waals surface area contributed by atoms with Gasteiger partial charge in [0.25, 0.3) is 0 Å².